The molecule has 0 fully saturated rings. The predicted molar refractivity (Wildman–Crippen MR) is 91.7 cm³/mol. The van der Waals surface area contributed by atoms with E-state index in [2.05, 4.69) is 65.0 Å². The molecule has 0 aliphatic rings. The lowest BCUT2D eigenvalue weighted by Gasteiger charge is -2.11. The summed E-state index contributed by atoms with van der Waals surface area (Å²) in [5, 5.41) is 6.67. The average Bonchev–Trinajstić information content (AvgIpc) is 2.53. The molecule has 2 rings (SSSR count). The first-order valence-electron chi connectivity index (χ1n) is 7.28. The summed E-state index contributed by atoms with van der Waals surface area (Å²) >= 11 is 1.74. The highest BCUT2D eigenvalue weighted by atomic mass is 32.2. The summed E-state index contributed by atoms with van der Waals surface area (Å²) in [6, 6.07) is 10.3. The molecular weight excluding hydrogens is 280 g/mol. The second-order valence-electron chi connectivity index (χ2n) is 4.69. The van der Waals surface area contributed by atoms with Crippen molar-refractivity contribution in [1.29, 1.82) is 0 Å². The number of anilines is 3. The minimum Gasteiger partial charge on any atom is -0.370 e. The zero-order valence-electron chi connectivity index (χ0n) is 12.8. The molecule has 1 heterocycles. The number of rotatable bonds is 7. The monoisotopic (exact) mass is 302 g/mol. The van der Waals surface area contributed by atoms with Crippen LogP contribution in [0.2, 0.25) is 0 Å². The Labute approximate surface area is 130 Å². The zero-order chi connectivity index (χ0) is 15.1. The fraction of sp³-hybridized carbons (Fsp3) is 0.375. The van der Waals surface area contributed by atoms with E-state index in [0.717, 1.165) is 42.5 Å². The first kappa shape index (κ1) is 15.6. The van der Waals surface area contributed by atoms with Crippen LogP contribution in [-0.4, -0.2) is 22.8 Å². The van der Waals surface area contributed by atoms with Gasteiger partial charge in [0.2, 0.25) is 0 Å². The molecule has 0 unspecified atom stereocenters. The third-order valence-corrected chi connectivity index (χ3v) is 3.75. The van der Waals surface area contributed by atoms with Crippen LogP contribution < -0.4 is 10.6 Å². The van der Waals surface area contributed by atoms with E-state index in [1.807, 2.05) is 6.07 Å². The molecule has 2 N–H and O–H groups in total. The quantitative estimate of drug-likeness (QED) is 0.746. The predicted octanol–water partition coefficient (Wildman–Crippen LogP) is 4.33. The van der Waals surface area contributed by atoms with E-state index in [0.29, 0.717) is 0 Å². The minimum absolute atomic E-state index is 0.821. The molecule has 5 heteroatoms. The summed E-state index contributed by atoms with van der Waals surface area (Å²) in [5.41, 5.74) is 1.04. The van der Waals surface area contributed by atoms with Crippen molar-refractivity contribution in [3.8, 4) is 0 Å². The molecule has 0 aliphatic heterocycles. The molecule has 0 radical (unpaired) electrons. The minimum atomic E-state index is 0.821. The van der Waals surface area contributed by atoms with Crippen LogP contribution in [0.15, 0.2) is 35.2 Å². The van der Waals surface area contributed by atoms with Gasteiger partial charge in [-0.05, 0) is 36.9 Å². The molecule has 1 aromatic carbocycles. The van der Waals surface area contributed by atoms with Gasteiger partial charge >= 0.3 is 0 Å². The second kappa shape index (κ2) is 7.88. The smallest absolute Gasteiger partial charge is 0.136 e. The van der Waals surface area contributed by atoms with Gasteiger partial charge < -0.3 is 10.6 Å². The molecule has 1 aromatic heterocycles. The van der Waals surface area contributed by atoms with Crippen LogP contribution >= 0.6 is 11.8 Å². The lowest BCUT2D eigenvalue weighted by molar-refractivity contribution is 0.919. The van der Waals surface area contributed by atoms with Gasteiger partial charge in [-0.15, -0.1) is 11.8 Å². The third-order valence-electron chi connectivity index (χ3n) is 3.01. The van der Waals surface area contributed by atoms with Crippen molar-refractivity contribution in [2.24, 2.45) is 0 Å². The molecule has 0 spiro atoms. The van der Waals surface area contributed by atoms with Crippen LogP contribution in [0.5, 0.6) is 0 Å². The molecule has 4 nitrogen and oxygen atoms in total. The van der Waals surface area contributed by atoms with Gasteiger partial charge in [-0.2, -0.15) is 0 Å². The van der Waals surface area contributed by atoms with Gasteiger partial charge in [0.1, 0.15) is 17.5 Å². The molecule has 0 aliphatic carbocycles. The van der Waals surface area contributed by atoms with E-state index in [9.17, 15) is 0 Å². The molecule has 112 valence electrons. The molecule has 0 saturated heterocycles. The Hall–Kier alpha value is -1.75. The summed E-state index contributed by atoms with van der Waals surface area (Å²) in [4.78, 5) is 10.3. The second-order valence-corrected chi connectivity index (χ2v) is 5.57. The molecule has 0 amide bonds. The SMILES string of the molecule is CCCNc1cc(Nc2ccc(SC)cc2)nc(CC)n1. The summed E-state index contributed by atoms with van der Waals surface area (Å²) in [6.45, 7) is 5.12. The van der Waals surface area contributed by atoms with Crippen molar-refractivity contribution in [3.05, 3.63) is 36.2 Å². The number of hydrogen-bond acceptors (Lipinski definition) is 5. The van der Waals surface area contributed by atoms with E-state index >= 15 is 0 Å². The van der Waals surface area contributed by atoms with E-state index in [1.165, 1.54) is 4.90 Å². The number of aryl methyl sites for hydroxylation is 1. The highest BCUT2D eigenvalue weighted by Gasteiger charge is 2.04. The lowest BCUT2D eigenvalue weighted by atomic mass is 10.3. The van der Waals surface area contributed by atoms with Crippen LogP contribution in [0, 0.1) is 0 Å². The first-order chi connectivity index (χ1) is 10.2. The summed E-state index contributed by atoms with van der Waals surface area (Å²) in [7, 11) is 0. The third kappa shape index (κ3) is 4.63. The standard InChI is InChI=1S/C16H22N4S/c1-4-10-17-15-11-16(20-14(5-2)19-15)18-12-6-8-13(21-3)9-7-12/h6-9,11H,4-5,10H2,1-3H3,(H2,17,18,19,20). The molecule has 0 bridgehead atoms. The van der Waals surface area contributed by atoms with Crippen molar-refractivity contribution < 1.29 is 0 Å². The zero-order valence-corrected chi connectivity index (χ0v) is 13.6. The Morgan fingerprint density at radius 2 is 1.76 bits per heavy atom. The Kier molecular flexibility index (Phi) is 5.87. The van der Waals surface area contributed by atoms with Gasteiger partial charge in [0.25, 0.3) is 0 Å². The number of aromatic nitrogens is 2. The van der Waals surface area contributed by atoms with Gasteiger partial charge in [0.15, 0.2) is 0 Å². The number of benzene rings is 1. The van der Waals surface area contributed by atoms with E-state index < -0.39 is 0 Å². The van der Waals surface area contributed by atoms with Crippen molar-refractivity contribution in [3.63, 3.8) is 0 Å². The Morgan fingerprint density at radius 1 is 1.05 bits per heavy atom. The van der Waals surface area contributed by atoms with E-state index in [1.54, 1.807) is 11.8 Å². The molecule has 0 atom stereocenters. The Bertz CT molecular complexity index is 569. The van der Waals surface area contributed by atoms with Gasteiger partial charge in [-0.25, -0.2) is 9.97 Å². The Morgan fingerprint density at radius 3 is 2.38 bits per heavy atom. The topological polar surface area (TPSA) is 49.8 Å². The molecule has 0 saturated carbocycles. The summed E-state index contributed by atoms with van der Waals surface area (Å²) in [6.07, 6.45) is 3.97. The van der Waals surface area contributed by atoms with Crippen LogP contribution in [0.4, 0.5) is 17.3 Å². The van der Waals surface area contributed by atoms with Crippen LogP contribution in [0.1, 0.15) is 26.1 Å². The Balaban J connectivity index is 2.16. The fourth-order valence-electron chi connectivity index (χ4n) is 1.89. The maximum Gasteiger partial charge on any atom is 0.136 e. The largest absolute Gasteiger partial charge is 0.370 e. The van der Waals surface area contributed by atoms with Crippen molar-refractivity contribution in [1.82, 2.24) is 9.97 Å². The number of nitrogens with zero attached hydrogens (tertiary/aromatic N) is 2. The van der Waals surface area contributed by atoms with Gasteiger partial charge in [-0.1, -0.05) is 13.8 Å². The van der Waals surface area contributed by atoms with Crippen LogP contribution in [0.25, 0.3) is 0 Å². The maximum absolute atomic E-state index is 4.53. The number of hydrogen-bond donors (Lipinski definition) is 2. The van der Waals surface area contributed by atoms with Crippen LogP contribution in [0.3, 0.4) is 0 Å². The maximum atomic E-state index is 4.53. The number of nitrogens with one attached hydrogen (secondary N) is 2. The summed E-state index contributed by atoms with van der Waals surface area (Å²) in [5.74, 6) is 2.56. The molecular formula is C16H22N4S. The van der Waals surface area contributed by atoms with E-state index in [-0.39, 0.29) is 0 Å². The van der Waals surface area contributed by atoms with Gasteiger partial charge in [-0.3, -0.25) is 0 Å². The van der Waals surface area contributed by atoms with Gasteiger partial charge in [0, 0.05) is 29.6 Å². The molecule has 2 aromatic rings. The van der Waals surface area contributed by atoms with Gasteiger partial charge in [0.05, 0.1) is 0 Å². The van der Waals surface area contributed by atoms with E-state index in [4.69, 9.17) is 0 Å². The highest BCUT2D eigenvalue weighted by Crippen LogP contribution is 2.21. The normalized spacial score (nSPS) is 10.4. The highest BCUT2D eigenvalue weighted by molar-refractivity contribution is 7.98. The fourth-order valence-corrected chi connectivity index (χ4v) is 2.29. The van der Waals surface area contributed by atoms with Crippen molar-refractivity contribution in [2.75, 3.05) is 23.4 Å². The number of thioether (sulfide) groups is 1. The lowest BCUT2D eigenvalue weighted by Crippen LogP contribution is -2.06. The molecule has 21 heavy (non-hydrogen) atoms. The summed E-state index contributed by atoms with van der Waals surface area (Å²) < 4.78 is 0. The first-order valence-corrected chi connectivity index (χ1v) is 8.50. The van der Waals surface area contributed by atoms with Crippen molar-refractivity contribution >= 4 is 29.1 Å². The van der Waals surface area contributed by atoms with Crippen LogP contribution in [-0.2, 0) is 6.42 Å². The average molecular weight is 302 g/mol. The van der Waals surface area contributed by atoms with Crippen molar-refractivity contribution in [2.45, 2.75) is 31.6 Å².